The summed E-state index contributed by atoms with van der Waals surface area (Å²) in [4.78, 5) is 4.28. The minimum atomic E-state index is -0.185. The zero-order chi connectivity index (χ0) is 12.1. The molecule has 1 aromatic rings. The van der Waals surface area contributed by atoms with Gasteiger partial charge in [0.2, 0.25) is 11.7 Å². The number of hydrogen-bond donors (Lipinski definition) is 1. The molecule has 0 fully saturated rings. The van der Waals surface area contributed by atoms with E-state index in [2.05, 4.69) is 24.0 Å². The third kappa shape index (κ3) is 3.28. The van der Waals surface area contributed by atoms with Gasteiger partial charge in [-0.25, -0.2) is 0 Å². The van der Waals surface area contributed by atoms with Gasteiger partial charge in [0, 0.05) is 7.11 Å². The van der Waals surface area contributed by atoms with Crippen molar-refractivity contribution in [3.05, 3.63) is 11.7 Å². The molecule has 0 aliphatic heterocycles. The molecule has 0 bridgehead atoms. The zero-order valence-corrected chi connectivity index (χ0v) is 10.4. The summed E-state index contributed by atoms with van der Waals surface area (Å²) in [5, 5.41) is 3.90. The van der Waals surface area contributed by atoms with E-state index in [0.717, 1.165) is 12.8 Å². The molecule has 0 aliphatic carbocycles. The lowest BCUT2D eigenvalue weighted by molar-refractivity contribution is 0.0903. The van der Waals surface area contributed by atoms with Crippen LogP contribution in [-0.2, 0) is 4.74 Å². The van der Waals surface area contributed by atoms with E-state index in [-0.39, 0.29) is 12.1 Å². The van der Waals surface area contributed by atoms with Gasteiger partial charge in [0.05, 0.1) is 6.04 Å². The maximum absolute atomic E-state index is 5.96. The number of ether oxygens (including phenoxy) is 1. The topological polar surface area (TPSA) is 74.2 Å². The molecule has 1 rings (SSSR count). The van der Waals surface area contributed by atoms with Crippen molar-refractivity contribution in [2.45, 2.75) is 45.8 Å². The molecule has 1 heterocycles. The standard InChI is InChI=1S/C11H21N3O2/c1-5-9(15-4)10-13-11(16-14-10)8(12)6-7(2)3/h7-9H,5-6,12H2,1-4H3/t8-,9?/m1/s1. The fourth-order valence-electron chi connectivity index (χ4n) is 1.59. The summed E-state index contributed by atoms with van der Waals surface area (Å²) in [6, 6.07) is -0.185. The Hall–Kier alpha value is -0.940. The third-order valence-electron chi connectivity index (χ3n) is 2.44. The molecule has 92 valence electrons. The third-order valence-corrected chi connectivity index (χ3v) is 2.44. The molecule has 0 radical (unpaired) electrons. The van der Waals surface area contributed by atoms with Gasteiger partial charge >= 0.3 is 0 Å². The summed E-state index contributed by atoms with van der Waals surface area (Å²) in [5.41, 5.74) is 5.96. The lowest BCUT2D eigenvalue weighted by Crippen LogP contribution is -2.13. The van der Waals surface area contributed by atoms with E-state index < -0.39 is 0 Å². The first kappa shape index (κ1) is 13.1. The minimum Gasteiger partial charge on any atom is -0.373 e. The number of hydrogen-bond acceptors (Lipinski definition) is 5. The Balaban J connectivity index is 2.70. The Morgan fingerprint density at radius 3 is 2.62 bits per heavy atom. The van der Waals surface area contributed by atoms with Crippen LogP contribution >= 0.6 is 0 Å². The molecule has 0 spiro atoms. The van der Waals surface area contributed by atoms with Crippen molar-refractivity contribution >= 4 is 0 Å². The number of nitrogens with two attached hydrogens (primary N) is 1. The maximum Gasteiger partial charge on any atom is 0.243 e. The van der Waals surface area contributed by atoms with Crippen LogP contribution in [0.4, 0.5) is 0 Å². The second-order valence-electron chi connectivity index (χ2n) is 4.36. The van der Waals surface area contributed by atoms with Crippen molar-refractivity contribution in [3.8, 4) is 0 Å². The predicted octanol–water partition coefficient (Wildman–Crippen LogP) is 2.21. The van der Waals surface area contributed by atoms with Crippen molar-refractivity contribution in [1.82, 2.24) is 10.1 Å². The van der Waals surface area contributed by atoms with Gasteiger partial charge in [-0.3, -0.25) is 0 Å². The van der Waals surface area contributed by atoms with Crippen molar-refractivity contribution in [3.63, 3.8) is 0 Å². The minimum absolute atomic E-state index is 0.108. The quantitative estimate of drug-likeness (QED) is 0.806. The van der Waals surface area contributed by atoms with Crippen LogP contribution in [0.3, 0.4) is 0 Å². The lowest BCUT2D eigenvalue weighted by atomic mass is 10.0. The van der Waals surface area contributed by atoms with Gasteiger partial charge in [0.1, 0.15) is 6.10 Å². The average molecular weight is 227 g/mol. The Bertz CT molecular complexity index is 308. The molecule has 5 heteroatoms. The smallest absolute Gasteiger partial charge is 0.243 e. The fourth-order valence-corrected chi connectivity index (χ4v) is 1.59. The van der Waals surface area contributed by atoms with Crippen LogP contribution in [-0.4, -0.2) is 17.3 Å². The first-order valence-corrected chi connectivity index (χ1v) is 5.70. The van der Waals surface area contributed by atoms with E-state index in [4.69, 9.17) is 15.0 Å². The summed E-state index contributed by atoms with van der Waals surface area (Å²) < 4.78 is 10.4. The number of rotatable bonds is 6. The molecule has 0 aromatic carbocycles. The Kier molecular flexibility index (Phi) is 4.89. The van der Waals surface area contributed by atoms with Crippen LogP contribution in [0.2, 0.25) is 0 Å². The molecule has 1 aromatic heterocycles. The average Bonchev–Trinajstić information content (AvgIpc) is 2.68. The number of nitrogens with zero attached hydrogens (tertiary/aromatic N) is 2. The molecule has 16 heavy (non-hydrogen) atoms. The van der Waals surface area contributed by atoms with Gasteiger partial charge in [0.25, 0.3) is 0 Å². The molecule has 0 aliphatic rings. The van der Waals surface area contributed by atoms with Gasteiger partial charge in [-0.15, -0.1) is 0 Å². The van der Waals surface area contributed by atoms with E-state index in [9.17, 15) is 0 Å². The van der Waals surface area contributed by atoms with Crippen LogP contribution in [0, 0.1) is 5.92 Å². The number of methoxy groups -OCH3 is 1. The highest BCUT2D eigenvalue weighted by Crippen LogP contribution is 2.21. The van der Waals surface area contributed by atoms with Crippen molar-refractivity contribution in [2.75, 3.05) is 7.11 Å². The highest BCUT2D eigenvalue weighted by Gasteiger charge is 2.20. The molecule has 2 N–H and O–H groups in total. The van der Waals surface area contributed by atoms with Crippen molar-refractivity contribution in [2.24, 2.45) is 11.7 Å². The molecule has 1 unspecified atom stereocenters. The van der Waals surface area contributed by atoms with Crippen molar-refractivity contribution < 1.29 is 9.26 Å². The molecular weight excluding hydrogens is 206 g/mol. The van der Waals surface area contributed by atoms with Crippen LogP contribution in [0.15, 0.2) is 4.52 Å². The Morgan fingerprint density at radius 1 is 1.44 bits per heavy atom. The second kappa shape index (κ2) is 5.96. The Morgan fingerprint density at radius 2 is 2.12 bits per heavy atom. The van der Waals surface area contributed by atoms with Crippen LogP contribution in [0.5, 0.6) is 0 Å². The monoisotopic (exact) mass is 227 g/mol. The summed E-state index contributed by atoms with van der Waals surface area (Å²) in [6.45, 7) is 6.24. The van der Waals surface area contributed by atoms with E-state index in [1.54, 1.807) is 7.11 Å². The fraction of sp³-hybridized carbons (Fsp3) is 0.818. The Labute approximate surface area is 96.4 Å². The zero-order valence-electron chi connectivity index (χ0n) is 10.4. The van der Waals surface area contributed by atoms with Gasteiger partial charge in [-0.2, -0.15) is 4.98 Å². The second-order valence-corrected chi connectivity index (χ2v) is 4.36. The van der Waals surface area contributed by atoms with Gasteiger partial charge < -0.3 is 15.0 Å². The van der Waals surface area contributed by atoms with Crippen LogP contribution < -0.4 is 5.73 Å². The largest absolute Gasteiger partial charge is 0.373 e. The highest BCUT2D eigenvalue weighted by atomic mass is 16.5. The summed E-state index contributed by atoms with van der Waals surface area (Å²) in [5.74, 6) is 1.59. The molecule has 2 atom stereocenters. The van der Waals surface area contributed by atoms with Gasteiger partial charge in [-0.1, -0.05) is 25.9 Å². The van der Waals surface area contributed by atoms with E-state index in [1.807, 2.05) is 6.92 Å². The molecule has 0 saturated carbocycles. The maximum atomic E-state index is 5.96. The van der Waals surface area contributed by atoms with Crippen molar-refractivity contribution in [1.29, 1.82) is 0 Å². The summed E-state index contributed by atoms with van der Waals surface area (Å²) >= 11 is 0. The molecule has 0 saturated heterocycles. The predicted molar refractivity (Wildman–Crippen MR) is 60.7 cm³/mol. The summed E-state index contributed by atoms with van der Waals surface area (Å²) in [7, 11) is 1.64. The van der Waals surface area contributed by atoms with Crippen LogP contribution in [0.25, 0.3) is 0 Å². The van der Waals surface area contributed by atoms with Gasteiger partial charge in [-0.05, 0) is 18.8 Å². The highest BCUT2D eigenvalue weighted by molar-refractivity contribution is 4.95. The van der Waals surface area contributed by atoms with E-state index in [1.165, 1.54) is 0 Å². The van der Waals surface area contributed by atoms with Crippen LogP contribution in [0.1, 0.15) is 57.5 Å². The molecule has 5 nitrogen and oxygen atoms in total. The van der Waals surface area contributed by atoms with E-state index >= 15 is 0 Å². The number of aromatic nitrogens is 2. The van der Waals surface area contributed by atoms with Gasteiger partial charge in [0.15, 0.2) is 0 Å². The molecule has 0 amide bonds. The lowest BCUT2D eigenvalue weighted by Gasteiger charge is -2.09. The summed E-state index contributed by atoms with van der Waals surface area (Å²) in [6.07, 6.45) is 1.55. The first-order chi connectivity index (χ1) is 7.58. The van der Waals surface area contributed by atoms with E-state index in [0.29, 0.717) is 17.6 Å². The first-order valence-electron chi connectivity index (χ1n) is 5.70. The normalized spacial score (nSPS) is 15.4. The molecular formula is C11H21N3O2. The SMILES string of the molecule is CCC(OC)c1noc([C@H](N)CC(C)C)n1.